The summed E-state index contributed by atoms with van der Waals surface area (Å²) in [5.74, 6) is 0. The Labute approximate surface area is 102 Å². The van der Waals surface area contributed by atoms with Crippen molar-refractivity contribution in [3.05, 3.63) is 24.3 Å². The molecule has 1 aromatic carbocycles. The first-order valence-corrected chi connectivity index (χ1v) is 7.08. The monoisotopic (exact) mass is 255 g/mol. The summed E-state index contributed by atoms with van der Waals surface area (Å²) < 4.78 is 22.8. The summed E-state index contributed by atoms with van der Waals surface area (Å²) in [4.78, 5) is 2.37. The van der Waals surface area contributed by atoms with Crippen LogP contribution >= 0.6 is 0 Å². The maximum absolute atomic E-state index is 11.4. The van der Waals surface area contributed by atoms with E-state index in [-0.39, 0.29) is 10.9 Å². The second kappa shape index (κ2) is 4.64. The Balaban J connectivity index is 2.21. The molecule has 2 rings (SSSR count). The third-order valence-electron chi connectivity index (χ3n) is 2.94. The van der Waals surface area contributed by atoms with E-state index in [4.69, 9.17) is 5.14 Å². The highest BCUT2D eigenvalue weighted by Crippen LogP contribution is 2.22. The molecule has 1 atom stereocenters. The van der Waals surface area contributed by atoms with Crippen LogP contribution in [0.2, 0.25) is 0 Å². The van der Waals surface area contributed by atoms with E-state index in [2.05, 4.69) is 10.2 Å². The van der Waals surface area contributed by atoms with Gasteiger partial charge in [0.1, 0.15) is 4.90 Å². The Morgan fingerprint density at radius 1 is 1.41 bits per heavy atom. The lowest BCUT2D eigenvalue weighted by Gasteiger charge is -2.16. The van der Waals surface area contributed by atoms with Crippen LogP contribution < -0.4 is 10.5 Å². The lowest BCUT2D eigenvalue weighted by Crippen LogP contribution is -2.25. The Hall–Kier alpha value is -1.11. The van der Waals surface area contributed by atoms with Crippen LogP contribution in [0.1, 0.15) is 6.42 Å². The summed E-state index contributed by atoms with van der Waals surface area (Å²) in [7, 11) is -1.62. The Morgan fingerprint density at radius 2 is 2.12 bits per heavy atom. The van der Waals surface area contributed by atoms with Crippen molar-refractivity contribution in [3.8, 4) is 0 Å². The minimum absolute atomic E-state index is 0.162. The highest BCUT2D eigenvalue weighted by Gasteiger charge is 2.21. The molecule has 0 spiro atoms. The van der Waals surface area contributed by atoms with Gasteiger partial charge in [-0.2, -0.15) is 0 Å². The number of likely N-dealkylation sites (N-methyl/N-ethyl adjacent to an activating group) is 1. The van der Waals surface area contributed by atoms with E-state index in [1.54, 1.807) is 18.2 Å². The molecule has 1 saturated heterocycles. The smallest absolute Gasteiger partial charge is 0.240 e. The van der Waals surface area contributed by atoms with Crippen molar-refractivity contribution < 1.29 is 8.42 Å². The molecule has 1 unspecified atom stereocenters. The molecule has 94 valence electrons. The van der Waals surface area contributed by atoms with Crippen LogP contribution in [0.4, 0.5) is 5.69 Å². The predicted octanol–water partition coefficient (Wildman–Crippen LogP) is 0.450. The lowest BCUT2D eigenvalue weighted by molar-refractivity contribution is 0.414. The highest BCUT2D eigenvalue weighted by molar-refractivity contribution is 7.89. The van der Waals surface area contributed by atoms with Crippen LogP contribution in [-0.2, 0) is 10.0 Å². The van der Waals surface area contributed by atoms with Crippen LogP contribution in [0.5, 0.6) is 0 Å². The van der Waals surface area contributed by atoms with Gasteiger partial charge in [0, 0.05) is 12.6 Å². The Morgan fingerprint density at radius 3 is 2.71 bits per heavy atom. The van der Waals surface area contributed by atoms with E-state index in [1.807, 2.05) is 7.05 Å². The molecule has 1 aliphatic heterocycles. The predicted molar refractivity (Wildman–Crippen MR) is 67.3 cm³/mol. The van der Waals surface area contributed by atoms with Crippen molar-refractivity contribution in [1.82, 2.24) is 4.90 Å². The van der Waals surface area contributed by atoms with E-state index in [0.717, 1.165) is 19.5 Å². The minimum Gasteiger partial charge on any atom is -0.380 e. The molecule has 0 aliphatic carbocycles. The van der Waals surface area contributed by atoms with Gasteiger partial charge < -0.3 is 10.2 Å². The van der Waals surface area contributed by atoms with Crippen LogP contribution in [0, 0.1) is 0 Å². The maximum atomic E-state index is 11.4. The van der Waals surface area contributed by atoms with Crippen molar-refractivity contribution in [2.45, 2.75) is 17.4 Å². The molecule has 0 saturated carbocycles. The summed E-state index contributed by atoms with van der Waals surface area (Å²) >= 11 is 0. The van der Waals surface area contributed by atoms with Crippen LogP contribution in [0.3, 0.4) is 0 Å². The first-order valence-electron chi connectivity index (χ1n) is 5.54. The third-order valence-corrected chi connectivity index (χ3v) is 3.91. The summed E-state index contributed by atoms with van der Waals surface area (Å²) in [5.41, 5.74) is 0.593. The molecule has 1 aromatic rings. The molecular formula is C11H17N3O2S. The molecule has 5 nitrogen and oxygen atoms in total. The van der Waals surface area contributed by atoms with Crippen molar-refractivity contribution in [2.75, 3.05) is 25.5 Å². The molecular weight excluding hydrogens is 238 g/mol. The standard InChI is InChI=1S/C11H17N3O2S/c1-14-7-6-9(8-14)13-10-4-2-3-5-11(10)17(12,15)16/h2-5,9,13H,6-8H2,1H3,(H2,12,15,16). The van der Waals surface area contributed by atoms with Gasteiger partial charge in [0.05, 0.1) is 5.69 Å². The Kier molecular flexibility index (Phi) is 3.37. The van der Waals surface area contributed by atoms with Gasteiger partial charge in [0.2, 0.25) is 10.0 Å². The van der Waals surface area contributed by atoms with Gasteiger partial charge in [-0.3, -0.25) is 0 Å². The van der Waals surface area contributed by atoms with Crippen LogP contribution in [0.15, 0.2) is 29.2 Å². The van der Waals surface area contributed by atoms with Gasteiger partial charge in [-0.15, -0.1) is 0 Å². The van der Waals surface area contributed by atoms with Crippen LogP contribution in [0.25, 0.3) is 0 Å². The number of nitrogens with two attached hydrogens (primary N) is 1. The van der Waals surface area contributed by atoms with Gasteiger partial charge in [-0.25, -0.2) is 13.6 Å². The largest absolute Gasteiger partial charge is 0.380 e. The zero-order valence-corrected chi connectivity index (χ0v) is 10.6. The fourth-order valence-corrected chi connectivity index (χ4v) is 2.81. The van der Waals surface area contributed by atoms with Gasteiger partial charge >= 0.3 is 0 Å². The first-order chi connectivity index (χ1) is 7.97. The number of anilines is 1. The van der Waals surface area contributed by atoms with Gasteiger partial charge in [-0.05, 0) is 32.1 Å². The molecule has 0 radical (unpaired) electrons. The van der Waals surface area contributed by atoms with Gasteiger partial charge in [-0.1, -0.05) is 12.1 Å². The van der Waals surface area contributed by atoms with Gasteiger partial charge in [0.15, 0.2) is 0 Å². The third kappa shape index (κ3) is 2.96. The van der Waals surface area contributed by atoms with E-state index < -0.39 is 10.0 Å². The zero-order chi connectivity index (χ0) is 12.5. The summed E-state index contributed by atoms with van der Waals surface area (Å²) in [5, 5.41) is 8.43. The van der Waals surface area contributed by atoms with Crippen molar-refractivity contribution in [1.29, 1.82) is 0 Å². The number of likely N-dealkylation sites (tertiary alicyclic amines) is 1. The number of sulfonamides is 1. The number of nitrogens with one attached hydrogen (secondary N) is 1. The van der Waals surface area contributed by atoms with E-state index in [1.165, 1.54) is 6.07 Å². The summed E-state index contributed by atoms with van der Waals surface area (Å²) in [6.07, 6.45) is 1.01. The first kappa shape index (κ1) is 12.3. The summed E-state index contributed by atoms with van der Waals surface area (Å²) in [6.45, 7) is 1.94. The minimum atomic E-state index is -3.66. The zero-order valence-electron chi connectivity index (χ0n) is 9.76. The van der Waals surface area contributed by atoms with Crippen molar-refractivity contribution >= 4 is 15.7 Å². The number of hydrogen-bond donors (Lipinski definition) is 2. The fourth-order valence-electron chi connectivity index (χ4n) is 2.11. The van der Waals surface area contributed by atoms with E-state index in [0.29, 0.717) is 5.69 Å². The molecule has 17 heavy (non-hydrogen) atoms. The average molecular weight is 255 g/mol. The number of para-hydroxylation sites is 1. The molecule has 0 amide bonds. The topological polar surface area (TPSA) is 75.4 Å². The Bertz CT molecular complexity index is 501. The molecule has 3 N–H and O–H groups in total. The molecule has 0 bridgehead atoms. The van der Waals surface area contributed by atoms with Crippen molar-refractivity contribution in [2.24, 2.45) is 5.14 Å². The number of hydrogen-bond acceptors (Lipinski definition) is 4. The highest BCUT2D eigenvalue weighted by atomic mass is 32.2. The molecule has 1 heterocycles. The molecule has 6 heteroatoms. The van der Waals surface area contributed by atoms with Gasteiger partial charge in [0.25, 0.3) is 0 Å². The SMILES string of the molecule is CN1CCC(Nc2ccccc2S(N)(=O)=O)C1. The molecule has 1 fully saturated rings. The molecule has 0 aromatic heterocycles. The maximum Gasteiger partial charge on any atom is 0.240 e. The number of nitrogens with zero attached hydrogens (tertiary/aromatic N) is 1. The second-order valence-corrected chi connectivity index (χ2v) is 5.96. The van der Waals surface area contributed by atoms with E-state index in [9.17, 15) is 8.42 Å². The average Bonchev–Trinajstić information content (AvgIpc) is 2.63. The fraction of sp³-hybridized carbons (Fsp3) is 0.455. The second-order valence-electron chi connectivity index (χ2n) is 4.43. The lowest BCUT2D eigenvalue weighted by atomic mass is 10.2. The summed E-state index contributed by atoms with van der Waals surface area (Å²) in [6, 6.07) is 7.03. The van der Waals surface area contributed by atoms with E-state index >= 15 is 0 Å². The number of benzene rings is 1. The van der Waals surface area contributed by atoms with Crippen LogP contribution in [-0.4, -0.2) is 39.5 Å². The number of rotatable bonds is 3. The normalized spacial score (nSPS) is 21.6. The van der Waals surface area contributed by atoms with Crippen molar-refractivity contribution in [3.63, 3.8) is 0 Å². The quantitative estimate of drug-likeness (QED) is 0.822. The molecule has 1 aliphatic rings. The number of primary sulfonamides is 1.